The van der Waals surface area contributed by atoms with Crippen LogP contribution >= 0.6 is 0 Å². The van der Waals surface area contributed by atoms with Gasteiger partial charge in [-0.3, -0.25) is 4.98 Å². The van der Waals surface area contributed by atoms with Crippen molar-refractivity contribution < 1.29 is 5.11 Å². The first-order valence-corrected chi connectivity index (χ1v) is 5.49. The Bertz CT molecular complexity index is 262. The summed E-state index contributed by atoms with van der Waals surface area (Å²) in [6, 6.07) is 4.43. The van der Waals surface area contributed by atoms with Gasteiger partial charge in [0.1, 0.15) is 0 Å². The number of hydrogen-bond acceptors (Lipinski definition) is 3. The Balaban J connectivity index is 2.16. The average Bonchev–Trinajstić information content (AvgIpc) is 2.18. The van der Waals surface area contributed by atoms with Crippen LogP contribution in [0.2, 0.25) is 0 Å². The highest BCUT2D eigenvalue weighted by Gasteiger charge is 2.04. The molecular formula is C12H20N2O. The van der Waals surface area contributed by atoms with Gasteiger partial charge in [-0.1, -0.05) is 0 Å². The number of aliphatic hydroxyl groups excluding tert-OH is 1. The molecule has 0 aliphatic heterocycles. The Hall–Kier alpha value is -0.930. The van der Waals surface area contributed by atoms with Crippen LogP contribution in [0.15, 0.2) is 24.5 Å². The highest BCUT2D eigenvalue weighted by Crippen LogP contribution is 1.99. The molecule has 0 spiro atoms. The number of rotatable bonds is 6. The highest BCUT2D eigenvalue weighted by molar-refractivity contribution is 5.09. The molecule has 0 bridgehead atoms. The number of aliphatic hydroxyl groups is 1. The first kappa shape index (κ1) is 12.1. The summed E-state index contributed by atoms with van der Waals surface area (Å²) in [5, 5.41) is 12.6. The predicted molar refractivity (Wildman–Crippen MR) is 61.7 cm³/mol. The van der Waals surface area contributed by atoms with E-state index in [0.29, 0.717) is 6.04 Å². The van der Waals surface area contributed by atoms with E-state index in [-0.39, 0.29) is 6.10 Å². The summed E-state index contributed by atoms with van der Waals surface area (Å²) in [6.07, 6.45) is 5.21. The molecule has 0 aliphatic rings. The van der Waals surface area contributed by atoms with Crippen molar-refractivity contribution in [3.8, 4) is 0 Å². The van der Waals surface area contributed by atoms with Crippen molar-refractivity contribution in [1.82, 2.24) is 10.3 Å². The average molecular weight is 208 g/mol. The lowest BCUT2D eigenvalue weighted by Gasteiger charge is -2.15. The Morgan fingerprint density at radius 2 is 2.00 bits per heavy atom. The molecule has 2 unspecified atom stereocenters. The maximum Gasteiger partial charge on any atom is 0.0526 e. The topological polar surface area (TPSA) is 45.1 Å². The van der Waals surface area contributed by atoms with Gasteiger partial charge >= 0.3 is 0 Å². The quantitative estimate of drug-likeness (QED) is 0.742. The van der Waals surface area contributed by atoms with Crippen molar-refractivity contribution in [3.05, 3.63) is 30.1 Å². The molecule has 1 rings (SSSR count). The fourth-order valence-corrected chi connectivity index (χ4v) is 1.61. The number of hydrogen-bond donors (Lipinski definition) is 2. The summed E-state index contributed by atoms with van der Waals surface area (Å²) in [4.78, 5) is 3.97. The summed E-state index contributed by atoms with van der Waals surface area (Å²) >= 11 is 0. The first-order chi connectivity index (χ1) is 7.18. The Labute approximate surface area is 91.5 Å². The molecule has 84 valence electrons. The van der Waals surface area contributed by atoms with E-state index in [1.54, 1.807) is 0 Å². The van der Waals surface area contributed by atoms with Gasteiger partial charge in [-0.15, -0.1) is 0 Å². The third kappa shape index (κ3) is 5.50. The SMILES string of the molecule is CC(O)CC(C)NCCc1ccncc1. The minimum atomic E-state index is -0.228. The Morgan fingerprint density at radius 3 is 2.60 bits per heavy atom. The molecule has 0 aromatic carbocycles. The van der Waals surface area contributed by atoms with Gasteiger partial charge in [-0.25, -0.2) is 0 Å². The van der Waals surface area contributed by atoms with Gasteiger partial charge in [0.25, 0.3) is 0 Å². The van der Waals surface area contributed by atoms with E-state index in [4.69, 9.17) is 0 Å². The maximum absolute atomic E-state index is 9.19. The van der Waals surface area contributed by atoms with E-state index < -0.39 is 0 Å². The van der Waals surface area contributed by atoms with E-state index in [1.807, 2.05) is 31.5 Å². The monoisotopic (exact) mass is 208 g/mol. The zero-order valence-corrected chi connectivity index (χ0v) is 9.48. The van der Waals surface area contributed by atoms with Gasteiger partial charge < -0.3 is 10.4 Å². The minimum Gasteiger partial charge on any atom is -0.393 e. The lowest BCUT2D eigenvalue weighted by atomic mass is 10.1. The molecule has 1 aromatic heterocycles. The molecule has 0 saturated heterocycles. The normalized spacial score (nSPS) is 14.9. The van der Waals surface area contributed by atoms with Gasteiger partial charge in [0.05, 0.1) is 6.10 Å². The molecule has 0 radical (unpaired) electrons. The van der Waals surface area contributed by atoms with Crippen LogP contribution < -0.4 is 5.32 Å². The molecule has 0 fully saturated rings. The van der Waals surface area contributed by atoms with Crippen LogP contribution in [0.25, 0.3) is 0 Å². The molecule has 0 amide bonds. The van der Waals surface area contributed by atoms with E-state index in [0.717, 1.165) is 19.4 Å². The Morgan fingerprint density at radius 1 is 1.33 bits per heavy atom. The van der Waals surface area contributed by atoms with Gasteiger partial charge in [-0.2, -0.15) is 0 Å². The van der Waals surface area contributed by atoms with Crippen molar-refractivity contribution in [1.29, 1.82) is 0 Å². The van der Waals surface area contributed by atoms with Crippen LogP contribution in [0.3, 0.4) is 0 Å². The second-order valence-corrected chi connectivity index (χ2v) is 4.05. The van der Waals surface area contributed by atoms with Gasteiger partial charge in [-0.05, 0) is 50.9 Å². The highest BCUT2D eigenvalue weighted by atomic mass is 16.3. The zero-order chi connectivity index (χ0) is 11.1. The summed E-state index contributed by atoms with van der Waals surface area (Å²) in [5.41, 5.74) is 1.29. The minimum absolute atomic E-state index is 0.228. The second-order valence-electron chi connectivity index (χ2n) is 4.05. The maximum atomic E-state index is 9.19. The fourth-order valence-electron chi connectivity index (χ4n) is 1.61. The summed E-state index contributed by atoms with van der Waals surface area (Å²) in [6.45, 7) is 4.86. The van der Waals surface area contributed by atoms with Gasteiger partial charge in [0.15, 0.2) is 0 Å². The Kier molecular flexibility index (Phi) is 5.29. The fraction of sp³-hybridized carbons (Fsp3) is 0.583. The van der Waals surface area contributed by atoms with Crippen molar-refractivity contribution >= 4 is 0 Å². The molecule has 3 heteroatoms. The number of aromatic nitrogens is 1. The lowest BCUT2D eigenvalue weighted by molar-refractivity contribution is 0.171. The molecule has 15 heavy (non-hydrogen) atoms. The molecule has 2 atom stereocenters. The van der Waals surface area contributed by atoms with Crippen LogP contribution in [-0.4, -0.2) is 28.8 Å². The molecule has 3 nitrogen and oxygen atoms in total. The van der Waals surface area contributed by atoms with Crippen LogP contribution in [0, 0.1) is 0 Å². The summed E-state index contributed by atoms with van der Waals surface area (Å²) < 4.78 is 0. The smallest absolute Gasteiger partial charge is 0.0526 e. The predicted octanol–water partition coefficient (Wildman–Crippen LogP) is 1.37. The number of pyridine rings is 1. The van der Waals surface area contributed by atoms with E-state index in [2.05, 4.69) is 17.2 Å². The summed E-state index contributed by atoms with van der Waals surface area (Å²) in [5.74, 6) is 0. The van der Waals surface area contributed by atoms with Crippen LogP contribution in [0.5, 0.6) is 0 Å². The van der Waals surface area contributed by atoms with E-state index >= 15 is 0 Å². The summed E-state index contributed by atoms with van der Waals surface area (Å²) in [7, 11) is 0. The van der Waals surface area contributed by atoms with Crippen LogP contribution in [0.4, 0.5) is 0 Å². The van der Waals surface area contributed by atoms with Crippen molar-refractivity contribution in [2.45, 2.75) is 38.8 Å². The first-order valence-electron chi connectivity index (χ1n) is 5.49. The van der Waals surface area contributed by atoms with Crippen molar-refractivity contribution in [3.63, 3.8) is 0 Å². The molecule has 1 heterocycles. The molecular weight excluding hydrogens is 188 g/mol. The van der Waals surface area contributed by atoms with Crippen LogP contribution in [-0.2, 0) is 6.42 Å². The van der Waals surface area contributed by atoms with Gasteiger partial charge in [0.2, 0.25) is 0 Å². The second kappa shape index (κ2) is 6.53. The lowest BCUT2D eigenvalue weighted by Crippen LogP contribution is -2.30. The third-order valence-electron chi connectivity index (χ3n) is 2.35. The molecule has 0 aliphatic carbocycles. The van der Waals surface area contributed by atoms with Gasteiger partial charge in [0, 0.05) is 18.4 Å². The van der Waals surface area contributed by atoms with E-state index in [1.165, 1.54) is 5.56 Å². The standard InChI is InChI=1S/C12H20N2O/c1-10(9-11(2)15)14-8-5-12-3-6-13-7-4-12/h3-4,6-7,10-11,14-15H,5,8-9H2,1-2H3. The zero-order valence-electron chi connectivity index (χ0n) is 9.48. The largest absolute Gasteiger partial charge is 0.393 e. The number of nitrogens with one attached hydrogen (secondary N) is 1. The van der Waals surface area contributed by atoms with E-state index in [9.17, 15) is 5.11 Å². The van der Waals surface area contributed by atoms with Crippen molar-refractivity contribution in [2.24, 2.45) is 0 Å². The number of nitrogens with zero attached hydrogens (tertiary/aromatic N) is 1. The van der Waals surface area contributed by atoms with Crippen LogP contribution in [0.1, 0.15) is 25.8 Å². The molecule has 2 N–H and O–H groups in total. The molecule has 1 aromatic rings. The molecule has 0 saturated carbocycles. The van der Waals surface area contributed by atoms with Crippen molar-refractivity contribution in [2.75, 3.05) is 6.54 Å². The third-order valence-corrected chi connectivity index (χ3v) is 2.35.